The number of nitrogens with zero attached hydrogens (tertiary/aromatic N) is 3. The minimum absolute atomic E-state index is 0.175. The molecule has 0 spiro atoms. The third kappa shape index (κ3) is 3.03. The zero-order valence-electron chi connectivity index (χ0n) is 13.1. The zero-order chi connectivity index (χ0) is 15.5. The van der Waals surface area contributed by atoms with E-state index in [1.54, 1.807) is 0 Å². The van der Waals surface area contributed by atoms with Gasteiger partial charge in [-0.15, -0.1) is 0 Å². The van der Waals surface area contributed by atoms with Crippen molar-refractivity contribution in [3.8, 4) is 0 Å². The Morgan fingerprint density at radius 3 is 2.95 bits per heavy atom. The number of carbonyl (C=O) groups is 1. The molecule has 0 unspecified atom stereocenters. The number of carbonyl (C=O) groups excluding carboxylic acids is 1. The lowest BCUT2D eigenvalue weighted by molar-refractivity contribution is -0.118. The minimum Gasteiger partial charge on any atom is -0.339 e. The molecule has 5 nitrogen and oxygen atoms in total. The van der Waals surface area contributed by atoms with Crippen molar-refractivity contribution >= 4 is 11.6 Å². The lowest BCUT2D eigenvalue weighted by Crippen LogP contribution is -2.28. The maximum atomic E-state index is 12.4. The predicted molar refractivity (Wildman–Crippen MR) is 83.8 cm³/mol. The maximum absolute atomic E-state index is 12.4. The fourth-order valence-corrected chi connectivity index (χ4v) is 2.73. The van der Waals surface area contributed by atoms with E-state index in [9.17, 15) is 4.79 Å². The first-order chi connectivity index (χ1) is 10.6. The minimum atomic E-state index is 0.175. The lowest BCUT2D eigenvalue weighted by Gasteiger charge is -2.16. The Labute approximate surface area is 130 Å². The van der Waals surface area contributed by atoms with Gasteiger partial charge in [-0.2, -0.15) is 4.98 Å². The number of hydrogen-bond acceptors (Lipinski definition) is 4. The Morgan fingerprint density at radius 1 is 1.36 bits per heavy atom. The van der Waals surface area contributed by atoms with E-state index in [-0.39, 0.29) is 11.8 Å². The van der Waals surface area contributed by atoms with Gasteiger partial charge in [0.1, 0.15) is 0 Å². The van der Waals surface area contributed by atoms with E-state index in [0.717, 1.165) is 30.9 Å². The van der Waals surface area contributed by atoms with Crippen LogP contribution in [0.3, 0.4) is 0 Å². The maximum Gasteiger partial charge on any atom is 0.227 e. The van der Waals surface area contributed by atoms with Crippen LogP contribution in [0.25, 0.3) is 0 Å². The summed E-state index contributed by atoms with van der Waals surface area (Å²) in [7, 11) is 0. The van der Waals surface area contributed by atoms with Gasteiger partial charge in [0.2, 0.25) is 11.8 Å². The molecular weight excluding hydrogens is 278 g/mol. The van der Waals surface area contributed by atoms with Crippen molar-refractivity contribution in [3.05, 3.63) is 41.5 Å². The van der Waals surface area contributed by atoms with Crippen LogP contribution in [0.15, 0.2) is 28.8 Å². The highest BCUT2D eigenvalue weighted by Crippen LogP contribution is 2.28. The number of aryl methyl sites for hydroxylation is 1. The number of para-hydroxylation sites is 1. The molecule has 1 amide bonds. The fourth-order valence-electron chi connectivity index (χ4n) is 2.73. The largest absolute Gasteiger partial charge is 0.339 e. The zero-order valence-corrected chi connectivity index (χ0v) is 13.1. The van der Waals surface area contributed by atoms with Gasteiger partial charge in [-0.3, -0.25) is 4.79 Å². The van der Waals surface area contributed by atoms with Crippen LogP contribution in [-0.4, -0.2) is 22.6 Å². The Kier molecular flexibility index (Phi) is 4.22. The summed E-state index contributed by atoms with van der Waals surface area (Å²) < 4.78 is 5.20. The number of fused-ring (bicyclic) bond motifs is 1. The van der Waals surface area contributed by atoms with Crippen molar-refractivity contribution in [1.82, 2.24) is 10.1 Å². The molecule has 22 heavy (non-hydrogen) atoms. The normalized spacial score (nSPS) is 13.7. The van der Waals surface area contributed by atoms with Crippen LogP contribution in [-0.2, 0) is 17.6 Å². The van der Waals surface area contributed by atoms with Crippen LogP contribution in [0.2, 0.25) is 0 Å². The molecule has 0 aliphatic carbocycles. The van der Waals surface area contributed by atoms with Gasteiger partial charge in [0.05, 0.1) is 0 Å². The lowest BCUT2D eigenvalue weighted by atomic mass is 10.2. The van der Waals surface area contributed by atoms with Crippen molar-refractivity contribution in [2.24, 2.45) is 0 Å². The summed E-state index contributed by atoms with van der Waals surface area (Å²) in [6, 6.07) is 8.12. The molecule has 3 rings (SSSR count). The van der Waals surface area contributed by atoms with E-state index in [4.69, 9.17) is 4.52 Å². The van der Waals surface area contributed by atoms with Gasteiger partial charge < -0.3 is 9.42 Å². The molecule has 0 saturated heterocycles. The van der Waals surface area contributed by atoms with Crippen molar-refractivity contribution in [2.45, 2.75) is 45.4 Å². The van der Waals surface area contributed by atoms with Crippen LogP contribution in [0.1, 0.15) is 49.9 Å². The van der Waals surface area contributed by atoms with Crippen LogP contribution < -0.4 is 4.90 Å². The van der Waals surface area contributed by atoms with Gasteiger partial charge in [-0.05, 0) is 24.5 Å². The average Bonchev–Trinajstić information content (AvgIpc) is 3.13. The van der Waals surface area contributed by atoms with Crippen LogP contribution in [0.5, 0.6) is 0 Å². The molecule has 0 bridgehead atoms. The van der Waals surface area contributed by atoms with Gasteiger partial charge in [0.15, 0.2) is 5.82 Å². The molecule has 116 valence electrons. The molecule has 1 aromatic carbocycles. The quantitative estimate of drug-likeness (QED) is 0.851. The van der Waals surface area contributed by atoms with E-state index < -0.39 is 0 Å². The SMILES string of the molecule is CC(C)c1noc(CCCC(=O)N2CCc3ccccc32)n1. The summed E-state index contributed by atoms with van der Waals surface area (Å²) in [6.07, 6.45) is 2.84. The molecule has 2 aromatic rings. The molecule has 0 radical (unpaired) electrons. The second-order valence-corrected chi connectivity index (χ2v) is 5.98. The number of hydrogen-bond donors (Lipinski definition) is 0. The van der Waals surface area contributed by atoms with Gasteiger partial charge in [0, 0.05) is 31.0 Å². The van der Waals surface area contributed by atoms with Crippen LogP contribution in [0.4, 0.5) is 5.69 Å². The van der Waals surface area contributed by atoms with Crippen LogP contribution >= 0.6 is 0 Å². The molecular formula is C17H21N3O2. The monoisotopic (exact) mass is 299 g/mol. The highest BCUT2D eigenvalue weighted by molar-refractivity contribution is 5.95. The van der Waals surface area contributed by atoms with E-state index in [1.165, 1.54) is 5.56 Å². The topological polar surface area (TPSA) is 59.2 Å². The molecule has 2 heterocycles. The van der Waals surface area contributed by atoms with Gasteiger partial charge in [-0.1, -0.05) is 37.2 Å². The molecule has 0 saturated carbocycles. The summed E-state index contributed by atoms with van der Waals surface area (Å²) in [5.41, 5.74) is 2.32. The summed E-state index contributed by atoms with van der Waals surface area (Å²) >= 11 is 0. The highest BCUT2D eigenvalue weighted by atomic mass is 16.5. The summed E-state index contributed by atoms with van der Waals surface area (Å²) in [6.45, 7) is 4.85. The summed E-state index contributed by atoms with van der Waals surface area (Å²) in [5.74, 6) is 1.79. The van der Waals surface area contributed by atoms with Gasteiger partial charge in [0.25, 0.3) is 0 Å². The second kappa shape index (κ2) is 6.30. The number of anilines is 1. The number of aromatic nitrogens is 2. The van der Waals surface area contributed by atoms with Crippen LogP contribution in [0, 0.1) is 0 Å². The molecule has 0 atom stereocenters. The van der Waals surface area contributed by atoms with Crippen molar-refractivity contribution in [1.29, 1.82) is 0 Å². The second-order valence-electron chi connectivity index (χ2n) is 5.98. The fraction of sp³-hybridized carbons (Fsp3) is 0.471. The predicted octanol–water partition coefficient (Wildman–Crippen LogP) is 3.11. The Hall–Kier alpha value is -2.17. The molecule has 0 N–H and O–H groups in total. The van der Waals surface area contributed by atoms with Crippen molar-refractivity contribution in [3.63, 3.8) is 0 Å². The summed E-state index contributed by atoms with van der Waals surface area (Å²) in [4.78, 5) is 18.6. The van der Waals surface area contributed by atoms with E-state index in [1.807, 2.05) is 36.9 Å². The molecule has 1 aliphatic heterocycles. The first kappa shape index (κ1) is 14.8. The number of rotatable bonds is 5. The Bertz CT molecular complexity index is 663. The van der Waals surface area contributed by atoms with Crippen molar-refractivity contribution < 1.29 is 9.32 Å². The highest BCUT2D eigenvalue weighted by Gasteiger charge is 2.23. The number of benzene rings is 1. The Morgan fingerprint density at radius 2 is 2.18 bits per heavy atom. The van der Waals surface area contributed by atoms with Gasteiger partial charge in [-0.25, -0.2) is 0 Å². The van der Waals surface area contributed by atoms with Gasteiger partial charge >= 0.3 is 0 Å². The smallest absolute Gasteiger partial charge is 0.227 e. The van der Waals surface area contributed by atoms with Crippen molar-refractivity contribution in [2.75, 3.05) is 11.4 Å². The molecule has 5 heteroatoms. The third-order valence-corrected chi connectivity index (χ3v) is 3.97. The average molecular weight is 299 g/mol. The third-order valence-electron chi connectivity index (χ3n) is 3.97. The molecule has 0 fully saturated rings. The number of amides is 1. The molecule has 1 aromatic heterocycles. The first-order valence-electron chi connectivity index (χ1n) is 7.86. The van der Waals surface area contributed by atoms with E-state index in [2.05, 4.69) is 16.2 Å². The standard InChI is InChI=1S/C17H21N3O2/c1-12(2)17-18-15(22-19-17)8-5-9-16(21)20-11-10-13-6-3-4-7-14(13)20/h3-4,6-7,12H,5,8-11H2,1-2H3. The summed E-state index contributed by atoms with van der Waals surface area (Å²) in [5, 5.41) is 3.94. The van der Waals surface area contributed by atoms with E-state index in [0.29, 0.717) is 18.7 Å². The first-order valence-corrected chi connectivity index (χ1v) is 7.86. The van der Waals surface area contributed by atoms with E-state index >= 15 is 0 Å². The molecule has 1 aliphatic rings. The Balaban J connectivity index is 1.53.